The first-order chi connectivity index (χ1) is 9.63. The fourth-order valence-corrected chi connectivity index (χ4v) is 4.28. The number of amides is 2. The van der Waals surface area contributed by atoms with Gasteiger partial charge in [0.15, 0.2) is 0 Å². The van der Waals surface area contributed by atoms with Crippen molar-refractivity contribution in [3.8, 4) is 0 Å². The van der Waals surface area contributed by atoms with E-state index < -0.39 is 0 Å². The van der Waals surface area contributed by atoms with E-state index in [1.165, 1.54) is 10.4 Å². The molecular formula is C15H20N2O2S. The van der Waals surface area contributed by atoms with Gasteiger partial charge in [-0.25, -0.2) is 0 Å². The second-order valence-electron chi connectivity index (χ2n) is 5.60. The van der Waals surface area contributed by atoms with Crippen LogP contribution in [0.1, 0.15) is 49.6 Å². The average molecular weight is 292 g/mol. The van der Waals surface area contributed by atoms with Crippen molar-refractivity contribution < 1.29 is 9.59 Å². The van der Waals surface area contributed by atoms with Gasteiger partial charge in [0, 0.05) is 4.88 Å². The number of hydrogen-bond acceptors (Lipinski definition) is 3. The quantitative estimate of drug-likeness (QED) is 0.909. The summed E-state index contributed by atoms with van der Waals surface area (Å²) in [4.78, 5) is 28.0. The molecule has 4 nitrogen and oxygen atoms in total. The standard InChI is InChI=1S/C15H20N2O2S/c1-3-11-15(19)17(9(2)14(18)16-11)12-5-4-6-13-10(12)7-8-20-13/h7-9,11-12H,3-6H2,1-2H3,(H,16,18). The number of fused-ring (bicyclic) bond motifs is 1. The smallest absolute Gasteiger partial charge is 0.246 e. The van der Waals surface area contributed by atoms with Crippen LogP contribution in [-0.2, 0) is 16.0 Å². The molecule has 0 spiro atoms. The lowest BCUT2D eigenvalue weighted by molar-refractivity contribution is -0.152. The van der Waals surface area contributed by atoms with E-state index in [-0.39, 0.29) is 29.9 Å². The number of nitrogens with zero attached hydrogens (tertiary/aromatic N) is 1. The van der Waals surface area contributed by atoms with Crippen LogP contribution < -0.4 is 5.32 Å². The molecule has 3 unspecified atom stereocenters. The van der Waals surface area contributed by atoms with Gasteiger partial charge in [-0.05, 0) is 49.6 Å². The lowest BCUT2D eigenvalue weighted by Crippen LogP contribution is -2.63. The lowest BCUT2D eigenvalue weighted by atomic mass is 9.90. The third-order valence-electron chi connectivity index (χ3n) is 4.43. The van der Waals surface area contributed by atoms with Crippen molar-refractivity contribution in [3.05, 3.63) is 21.9 Å². The third-order valence-corrected chi connectivity index (χ3v) is 5.43. The first-order valence-electron chi connectivity index (χ1n) is 7.32. The highest BCUT2D eigenvalue weighted by Crippen LogP contribution is 2.39. The Morgan fingerprint density at radius 1 is 1.45 bits per heavy atom. The summed E-state index contributed by atoms with van der Waals surface area (Å²) in [6.45, 7) is 3.77. The van der Waals surface area contributed by atoms with Gasteiger partial charge in [-0.1, -0.05) is 6.92 Å². The minimum absolute atomic E-state index is 0.0289. The van der Waals surface area contributed by atoms with Crippen LogP contribution in [0.25, 0.3) is 0 Å². The molecular weight excluding hydrogens is 272 g/mol. The van der Waals surface area contributed by atoms with Crippen LogP contribution in [0.3, 0.4) is 0 Å². The van der Waals surface area contributed by atoms with Crippen molar-refractivity contribution in [2.45, 2.75) is 57.7 Å². The van der Waals surface area contributed by atoms with Crippen LogP contribution >= 0.6 is 11.3 Å². The monoisotopic (exact) mass is 292 g/mol. The Labute approximate surface area is 123 Å². The highest BCUT2D eigenvalue weighted by atomic mass is 32.1. The number of piperazine rings is 1. The Kier molecular flexibility index (Phi) is 3.54. The van der Waals surface area contributed by atoms with Crippen molar-refractivity contribution in [2.24, 2.45) is 0 Å². The van der Waals surface area contributed by atoms with E-state index in [0.717, 1.165) is 19.3 Å². The molecule has 2 aliphatic rings. The summed E-state index contributed by atoms with van der Waals surface area (Å²) in [6, 6.07) is 1.47. The minimum atomic E-state index is -0.374. The van der Waals surface area contributed by atoms with Crippen molar-refractivity contribution in [1.29, 1.82) is 0 Å². The van der Waals surface area contributed by atoms with E-state index in [4.69, 9.17) is 0 Å². The van der Waals surface area contributed by atoms with Gasteiger partial charge < -0.3 is 10.2 Å². The maximum absolute atomic E-state index is 12.7. The first-order valence-corrected chi connectivity index (χ1v) is 8.20. The molecule has 0 bridgehead atoms. The molecule has 3 atom stereocenters. The normalized spacial score (nSPS) is 30.1. The molecule has 1 N–H and O–H groups in total. The van der Waals surface area contributed by atoms with Crippen LogP contribution in [0, 0.1) is 0 Å². The summed E-state index contributed by atoms with van der Waals surface area (Å²) in [6.07, 6.45) is 3.80. The van der Waals surface area contributed by atoms with E-state index in [2.05, 4.69) is 16.8 Å². The van der Waals surface area contributed by atoms with Gasteiger partial charge in [0.1, 0.15) is 12.1 Å². The lowest BCUT2D eigenvalue weighted by Gasteiger charge is -2.43. The Balaban J connectivity index is 1.96. The van der Waals surface area contributed by atoms with Gasteiger partial charge in [0.2, 0.25) is 11.8 Å². The van der Waals surface area contributed by atoms with E-state index in [0.29, 0.717) is 6.42 Å². The third kappa shape index (κ3) is 2.04. The van der Waals surface area contributed by atoms with Gasteiger partial charge in [-0.15, -0.1) is 11.3 Å². The molecule has 1 aromatic rings. The molecule has 0 aromatic carbocycles. The van der Waals surface area contributed by atoms with Gasteiger partial charge in [0.25, 0.3) is 0 Å². The fourth-order valence-electron chi connectivity index (χ4n) is 3.30. The summed E-state index contributed by atoms with van der Waals surface area (Å²) in [5, 5.41) is 4.92. The molecule has 2 amide bonds. The fraction of sp³-hybridized carbons (Fsp3) is 0.600. The predicted molar refractivity (Wildman–Crippen MR) is 78.5 cm³/mol. The number of carbonyl (C=O) groups excluding carboxylic acids is 2. The predicted octanol–water partition coefficient (Wildman–Crippen LogP) is 2.25. The van der Waals surface area contributed by atoms with Crippen LogP contribution in [0.4, 0.5) is 0 Å². The Morgan fingerprint density at radius 3 is 3.00 bits per heavy atom. The summed E-state index contributed by atoms with van der Waals surface area (Å²) in [7, 11) is 0. The van der Waals surface area contributed by atoms with Crippen LogP contribution in [-0.4, -0.2) is 28.8 Å². The van der Waals surface area contributed by atoms with Crippen LogP contribution in [0.15, 0.2) is 11.4 Å². The van der Waals surface area contributed by atoms with Crippen molar-refractivity contribution in [1.82, 2.24) is 10.2 Å². The van der Waals surface area contributed by atoms with Gasteiger partial charge >= 0.3 is 0 Å². The number of thiophene rings is 1. The number of nitrogens with one attached hydrogen (secondary N) is 1. The van der Waals surface area contributed by atoms with Crippen molar-refractivity contribution in [3.63, 3.8) is 0 Å². The Bertz CT molecular complexity index is 540. The Morgan fingerprint density at radius 2 is 2.25 bits per heavy atom. The zero-order valence-electron chi connectivity index (χ0n) is 11.9. The van der Waals surface area contributed by atoms with E-state index >= 15 is 0 Å². The zero-order chi connectivity index (χ0) is 14.3. The number of rotatable bonds is 2. The molecule has 1 saturated heterocycles. The summed E-state index contributed by atoms with van der Waals surface area (Å²) in [5.41, 5.74) is 1.26. The number of aryl methyl sites for hydroxylation is 1. The first kappa shape index (κ1) is 13.6. The van der Waals surface area contributed by atoms with E-state index in [1.54, 1.807) is 11.3 Å². The zero-order valence-corrected chi connectivity index (χ0v) is 12.7. The largest absolute Gasteiger partial charge is 0.343 e. The maximum Gasteiger partial charge on any atom is 0.246 e. The van der Waals surface area contributed by atoms with Gasteiger partial charge in [-0.3, -0.25) is 9.59 Å². The van der Waals surface area contributed by atoms with E-state index in [9.17, 15) is 9.59 Å². The van der Waals surface area contributed by atoms with Crippen molar-refractivity contribution >= 4 is 23.2 Å². The van der Waals surface area contributed by atoms with Crippen LogP contribution in [0.5, 0.6) is 0 Å². The molecule has 2 heterocycles. The minimum Gasteiger partial charge on any atom is -0.343 e. The van der Waals surface area contributed by atoms with Gasteiger partial charge in [0.05, 0.1) is 6.04 Å². The maximum atomic E-state index is 12.7. The number of hydrogen-bond donors (Lipinski definition) is 1. The molecule has 1 aliphatic carbocycles. The highest BCUT2D eigenvalue weighted by Gasteiger charge is 2.42. The topological polar surface area (TPSA) is 49.4 Å². The molecule has 3 rings (SSSR count). The Hall–Kier alpha value is -1.36. The highest BCUT2D eigenvalue weighted by molar-refractivity contribution is 7.10. The summed E-state index contributed by atoms with van der Waals surface area (Å²) in [5.74, 6) is 0.0439. The second-order valence-corrected chi connectivity index (χ2v) is 6.60. The van der Waals surface area contributed by atoms with Crippen molar-refractivity contribution in [2.75, 3.05) is 0 Å². The molecule has 5 heteroatoms. The average Bonchev–Trinajstić information content (AvgIpc) is 2.92. The molecule has 1 aromatic heterocycles. The SMILES string of the molecule is CCC1NC(=O)C(C)N(C2CCCc3sccc32)C1=O. The van der Waals surface area contributed by atoms with E-state index in [1.807, 2.05) is 18.7 Å². The molecule has 1 aliphatic heterocycles. The summed E-state index contributed by atoms with van der Waals surface area (Å²) >= 11 is 1.76. The van der Waals surface area contributed by atoms with Crippen LogP contribution in [0.2, 0.25) is 0 Å². The molecule has 0 saturated carbocycles. The molecule has 1 fully saturated rings. The summed E-state index contributed by atoms with van der Waals surface area (Å²) < 4.78 is 0. The second kappa shape index (κ2) is 5.20. The van der Waals surface area contributed by atoms with Gasteiger partial charge in [-0.2, -0.15) is 0 Å². The molecule has 108 valence electrons. The number of carbonyl (C=O) groups is 2. The molecule has 0 radical (unpaired) electrons. The molecule has 20 heavy (non-hydrogen) atoms.